The molecule has 3 rings (SSSR count). The number of benzene rings is 1. The lowest BCUT2D eigenvalue weighted by Crippen LogP contribution is -2.15. The molecule has 0 radical (unpaired) electrons. The molecule has 0 saturated carbocycles. The molecule has 0 amide bonds. The van der Waals surface area contributed by atoms with E-state index in [-0.39, 0.29) is 17.1 Å². The van der Waals surface area contributed by atoms with Gasteiger partial charge in [-0.1, -0.05) is 6.07 Å². The van der Waals surface area contributed by atoms with Crippen molar-refractivity contribution < 1.29 is 13.2 Å². The lowest BCUT2D eigenvalue weighted by atomic mass is 10.2. The smallest absolute Gasteiger partial charge is 0.340 e. The summed E-state index contributed by atoms with van der Waals surface area (Å²) in [5.74, 6) is 0.177. The highest BCUT2D eigenvalue weighted by Crippen LogP contribution is 2.31. The molecule has 0 aliphatic rings. The molecule has 0 fully saturated rings. The largest absolute Gasteiger partial charge is 0.416 e. The van der Waals surface area contributed by atoms with Crippen molar-refractivity contribution in [1.82, 2.24) is 9.38 Å². The summed E-state index contributed by atoms with van der Waals surface area (Å²) in [6.45, 7) is 0. The maximum Gasteiger partial charge on any atom is 0.416 e. The number of halogens is 4. The fourth-order valence-corrected chi connectivity index (χ4v) is 2.40. The van der Waals surface area contributed by atoms with E-state index >= 15 is 0 Å². The topological polar surface area (TPSA) is 46.4 Å². The summed E-state index contributed by atoms with van der Waals surface area (Å²) in [5.41, 5.74) is -0.530. The van der Waals surface area contributed by atoms with E-state index in [1.54, 1.807) is 18.3 Å². The molecule has 2 heterocycles. The Labute approximate surface area is 136 Å². The predicted octanol–water partition coefficient (Wildman–Crippen LogP) is 4.22. The first-order valence-electron chi connectivity index (χ1n) is 6.46. The molecule has 23 heavy (non-hydrogen) atoms. The summed E-state index contributed by atoms with van der Waals surface area (Å²) in [6, 6.07) is 9.27. The van der Waals surface area contributed by atoms with Gasteiger partial charge in [-0.05, 0) is 46.3 Å². The molecule has 0 aliphatic carbocycles. The SMILES string of the molecule is O=c1cc(Nc2cccc(C(F)(F)F)c2)nc2ccc(Br)cn12. The maximum atomic E-state index is 12.7. The van der Waals surface area contributed by atoms with E-state index in [1.807, 2.05) is 0 Å². The van der Waals surface area contributed by atoms with Crippen molar-refractivity contribution in [3.05, 3.63) is 69.1 Å². The van der Waals surface area contributed by atoms with Crippen LogP contribution in [0.25, 0.3) is 5.65 Å². The third-order valence-corrected chi connectivity index (χ3v) is 3.55. The molecule has 0 unspecified atom stereocenters. The number of anilines is 2. The van der Waals surface area contributed by atoms with Gasteiger partial charge < -0.3 is 5.32 Å². The Hall–Kier alpha value is -2.35. The van der Waals surface area contributed by atoms with Crippen LogP contribution in [0.1, 0.15) is 5.56 Å². The molecule has 118 valence electrons. The van der Waals surface area contributed by atoms with Gasteiger partial charge in [0.05, 0.1) is 5.56 Å². The molecule has 1 aromatic carbocycles. The molecular formula is C15H9BrF3N3O. The summed E-state index contributed by atoms with van der Waals surface area (Å²) < 4.78 is 40.2. The van der Waals surface area contributed by atoms with Gasteiger partial charge in [0.15, 0.2) is 0 Å². The maximum absolute atomic E-state index is 12.7. The molecule has 3 aromatic rings. The normalized spacial score (nSPS) is 11.7. The number of hydrogen-bond donors (Lipinski definition) is 1. The summed E-state index contributed by atoms with van der Waals surface area (Å²) in [4.78, 5) is 16.3. The highest BCUT2D eigenvalue weighted by Gasteiger charge is 2.30. The zero-order chi connectivity index (χ0) is 16.6. The molecule has 1 N–H and O–H groups in total. The van der Waals surface area contributed by atoms with Crippen LogP contribution in [-0.4, -0.2) is 9.38 Å². The van der Waals surface area contributed by atoms with Gasteiger partial charge in [0, 0.05) is 22.4 Å². The summed E-state index contributed by atoms with van der Waals surface area (Å²) in [6.07, 6.45) is -2.86. The van der Waals surface area contributed by atoms with Gasteiger partial charge in [0.2, 0.25) is 0 Å². The Morgan fingerprint density at radius 1 is 1.13 bits per heavy atom. The number of hydrogen-bond acceptors (Lipinski definition) is 3. The summed E-state index contributed by atoms with van der Waals surface area (Å²) in [7, 11) is 0. The van der Waals surface area contributed by atoms with Crippen LogP contribution in [0.5, 0.6) is 0 Å². The molecule has 4 nitrogen and oxygen atoms in total. The first kappa shape index (κ1) is 15.5. The van der Waals surface area contributed by atoms with E-state index in [4.69, 9.17) is 0 Å². The van der Waals surface area contributed by atoms with Crippen LogP contribution in [0.15, 0.2) is 57.9 Å². The lowest BCUT2D eigenvalue weighted by molar-refractivity contribution is -0.137. The summed E-state index contributed by atoms with van der Waals surface area (Å²) >= 11 is 3.26. The number of alkyl halides is 3. The van der Waals surface area contributed by atoms with E-state index in [9.17, 15) is 18.0 Å². The molecule has 0 aliphatic heterocycles. The quantitative estimate of drug-likeness (QED) is 0.720. The van der Waals surface area contributed by atoms with Crippen molar-refractivity contribution in [3.63, 3.8) is 0 Å². The van der Waals surface area contributed by atoms with Gasteiger partial charge in [-0.3, -0.25) is 9.20 Å². The van der Waals surface area contributed by atoms with Gasteiger partial charge in [-0.2, -0.15) is 13.2 Å². The van der Waals surface area contributed by atoms with Crippen molar-refractivity contribution in [3.8, 4) is 0 Å². The second-order valence-electron chi connectivity index (χ2n) is 4.76. The van der Waals surface area contributed by atoms with Crippen LogP contribution >= 0.6 is 15.9 Å². The van der Waals surface area contributed by atoms with Gasteiger partial charge >= 0.3 is 6.18 Å². The van der Waals surface area contributed by atoms with Gasteiger partial charge in [-0.15, -0.1) is 0 Å². The Morgan fingerprint density at radius 2 is 1.91 bits per heavy atom. The zero-order valence-corrected chi connectivity index (χ0v) is 13.0. The minimum absolute atomic E-state index is 0.177. The van der Waals surface area contributed by atoms with Crippen LogP contribution in [0, 0.1) is 0 Å². The fourth-order valence-electron chi connectivity index (χ4n) is 2.06. The summed E-state index contributed by atoms with van der Waals surface area (Å²) in [5, 5.41) is 2.73. The third kappa shape index (κ3) is 3.37. The molecule has 0 bridgehead atoms. The van der Waals surface area contributed by atoms with Gasteiger partial charge in [0.1, 0.15) is 11.5 Å². The number of aromatic nitrogens is 2. The Morgan fingerprint density at radius 3 is 2.65 bits per heavy atom. The lowest BCUT2D eigenvalue weighted by Gasteiger charge is -2.10. The van der Waals surface area contributed by atoms with E-state index in [0.29, 0.717) is 10.1 Å². The first-order chi connectivity index (χ1) is 10.8. The van der Waals surface area contributed by atoms with Crippen molar-refractivity contribution in [1.29, 1.82) is 0 Å². The average molecular weight is 384 g/mol. The number of fused-ring (bicyclic) bond motifs is 1. The van der Waals surface area contributed by atoms with Crippen molar-refractivity contribution >= 4 is 33.1 Å². The minimum atomic E-state index is -4.43. The number of nitrogens with one attached hydrogen (secondary N) is 1. The zero-order valence-electron chi connectivity index (χ0n) is 11.4. The van der Waals surface area contributed by atoms with Crippen molar-refractivity contribution in [2.45, 2.75) is 6.18 Å². The van der Waals surface area contributed by atoms with Crippen LogP contribution in [0.4, 0.5) is 24.7 Å². The molecule has 0 spiro atoms. The fraction of sp³-hybridized carbons (Fsp3) is 0.0667. The number of rotatable bonds is 2. The highest BCUT2D eigenvalue weighted by atomic mass is 79.9. The second kappa shape index (κ2) is 5.69. The average Bonchev–Trinajstić information content (AvgIpc) is 2.48. The Balaban J connectivity index is 1.99. The van der Waals surface area contributed by atoms with Crippen LogP contribution in [0.3, 0.4) is 0 Å². The van der Waals surface area contributed by atoms with E-state index < -0.39 is 11.7 Å². The van der Waals surface area contributed by atoms with E-state index in [0.717, 1.165) is 12.1 Å². The second-order valence-corrected chi connectivity index (χ2v) is 5.67. The van der Waals surface area contributed by atoms with Crippen LogP contribution < -0.4 is 10.9 Å². The molecule has 0 saturated heterocycles. The molecule has 0 atom stereocenters. The Bertz CT molecular complexity index is 937. The number of nitrogens with zero attached hydrogens (tertiary/aromatic N) is 2. The molecule has 8 heteroatoms. The van der Waals surface area contributed by atoms with Crippen LogP contribution in [0.2, 0.25) is 0 Å². The molecular weight excluding hydrogens is 375 g/mol. The van der Waals surface area contributed by atoms with Gasteiger partial charge in [-0.25, -0.2) is 4.98 Å². The standard InChI is InChI=1S/C15H9BrF3N3O/c16-10-4-5-13-21-12(7-14(23)22(13)8-10)20-11-3-1-2-9(6-11)15(17,18)19/h1-8,20H. The van der Waals surface area contributed by atoms with Crippen LogP contribution in [-0.2, 0) is 6.18 Å². The predicted molar refractivity (Wildman–Crippen MR) is 83.9 cm³/mol. The van der Waals surface area contributed by atoms with E-state index in [2.05, 4.69) is 26.2 Å². The Kier molecular flexibility index (Phi) is 3.85. The molecule has 2 aromatic heterocycles. The monoisotopic (exact) mass is 383 g/mol. The third-order valence-electron chi connectivity index (χ3n) is 3.09. The number of pyridine rings is 1. The van der Waals surface area contributed by atoms with E-state index in [1.165, 1.54) is 22.6 Å². The van der Waals surface area contributed by atoms with Crippen molar-refractivity contribution in [2.75, 3.05) is 5.32 Å². The van der Waals surface area contributed by atoms with Gasteiger partial charge in [0.25, 0.3) is 5.56 Å². The highest BCUT2D eigenvalue weighted by molar-refractivity contribution is 9.10. The first-order valence-corrected chi connectivity index (χ1v) is 7.25. The minimum Gasteiger partial charge on any atom is -0.340 e. The van der Waals surface area contributed by atoms with Crippen molar-refractivity contribution in [2.24, 2.45) is 0 Å².